The number of fused-ring (bicyclic) bond motifs is 1. The van der Waals surface area contributed by atoms with E-state index in [9.17, 15) is 4.79 Å². The molecular formula is C31H44BrN5O4. The molecule has 9 nitrogen and oxygen atoms in total. The molecule has 0 saturated carbocycles. The summed E-state index contributed by atoms with van der Waals surface area (Å²) in [6, 6.07) is 2.49. The lowest BCUT2D eigenvalue weighted by molar-refractivity contribution is -0.0434. The number of rotatable bonds is 7. The third-order valence-electron chi connectivity index (χ3n) is 8.46. The highest BCUT2D eigenvalue weighted by Gasteiger charge is 2.48. The van der Waals surface area contributed by atoms with Crippen LogP contribution in [0.5, 0.6) is 11.8 Å². The SMILES string of the molecule is C=Cc1cc2c(N3CCC4(CC3)CN(C(=O)OC(C)(C)C)C4)nc(OC3CCN(CC)CC3)nc2c(OCC)c1Br. The summed E-state index contributed by atoms with van der Waals surface area (Å²) in [6.07, 6.45) is 5.58. The largest absolute Gasteiger partial charge is 0.490 e. The summed E-state index contributed by atoms with van der Waals surface area (Å²) < 4.78 is 19.0. The maximum Gasteiger partial charge on any atom is 0.410 e. The molecule has 41 heavy (non-hydrogen) atoms. The van der Waals surface area contributed by atoms with E-state index in [0.717, 1.165) is 98.3 Å². The third kappa shape index (κ3) is 6.43. The fraction of sp³-hybridized carbons (Fsp3) is 0.645. The third-order valence-corrected chi connectivity index (χ3v) is 9.28. The van der Waals surface area contributed by atoms with Crippen molar-refractivity contribution in [3.63, 3.8) is 0 Å². The summed E-state index contributed by atoms with van der Waals surface area (Å²) in [7, 11) is 0. The second kappa shape index (κ2) is 12.0. The van der Waals surface area contributed by atoms with Gasteiger partial charge in [-0.3, -0.25) is 0 Å². The minimum Gasteiger partial charge on any atom is -0.490 e. The Balaban J connectivity index is 1.40. The molecule has 3 aliphatic rings. The summed E-state index contributed by atoms with van der Waals surface area (Å²) in [5.41, 5.74) is 1.33. The molecule has 0 atom stereocenters. The average molecular weight is 631 g/mol. The minimum absolute atomic E-state index is 0.0907. The van der Waals surface area contributed by atoms with Crippen molar-refractivity contribution < 1.29 is 19.0 Å². The molecule has 1 aromatic carbocycles. The van der Waals surface area contributed by atoms with Crippen molar-refractivity contribution in [3.8, 4) is 11.8 Å². The number of halogens is 1. The Morgan fingerprint density at radius 2 is 1.83 bits per heavy atom. The first kappa shape index (κ1) is 29.9. The number of likely N-dealkylation sites (tertiary alicyclic amines) is 2. The fourth-order valence-electron chi connectivity index (χ4n) is 6.14. The van der Waals surface area contributed by atoms with Gasteiger partial charge in [0.05, 0.1) is 11.1 Å². The van der Waals surface area contributed by atoms with Crippen LogP contribution in [0.4, 0.5) is 10.6 Å². The van der Waals surface area contributed by atoms with E-state index in [1.165, 1.54) is 0 Å². The number of nitrogens with zero attached hydrogens (tertiary/aromatic N) is 5. The number of amides is 1. The van der Waals surface area contributed by atoms with E-state index in [1.54, 1.807) is 0 Å². The van der Waals surface area contributed by atoms with E-state index in [-0.39, 0.29) is 17.6 Å². The normalized spacial score (nSPS) is 19.8. The number of carbonyl (C=O) groups is 1. The van der Waals surface area contributed by atoms with E-state index >= 15 is 0 Å². The molecule has 0 N–H and O–H groups in total. The molecule has 1 aromatic heterocycles. The van der Waals surface area contributed by atoms with Crippen molar-refractivity contribution in [2.24, 2.45) is 5.41 Å². The average Bonchev–Trinajstić information content (AvgIpc) is 2.92. The maximum atomic E-state index is 12.5. The molecule has 3 fully saturated rings. The van der Waals surface area contributed by atoms with Gasteiger partial charge in [0.25, 0.3) is 0 Å². The van der Waals surface area contributed by atoms with Crippen LogP contribution in [0.2, 0.25) is 0 Å². The van der Waals surface area contributed by atoms with Crippen LogP contribution in [0.1, 0.15) is 65.9 Å². The number of benzene rings is 1. The Hall–Kier alpha value is -2.59. The van der Waals surface area contributed by atoms with Crippen LogP contribution < -0.4 is 14.4 Å². The lowest BCUT2D eigenvalue weighted by atomic mass is 9.72. The van der Waals surface area contributed by atoms with Gasteiger partial charge in [-0.15, -0.1) is 0 Å². The summed E-state index contributed by atoms with van der Waals surface area (Å²) in [5, 5.41) is 0.930. The first-order chi connectivity index (χ1) is 19.5. The number of piperidine rings is 2. The first-order valence-corrected chi connectivity index (χ1v) is 15.8. The predicted octanol–water partition coefficient (Wildman–Crippen LogP) is 6.13. The summed E-state index contributed by atoms with van der Waals surface area (Å²) >= 11 is 3.73. The van der Waals surface area contributed by atoms with Crippen molar-refractivity contribution >= 4 is 44.8 Å². The number of hydrogen-bond donors (Lipinski definition) is 0. The van der Waals surface area contributed by atoms with Crippen molar-refractivity contribution in [2.75, 3.05) is 57.3 Å². The highest BCUT2D eigenvalue weighted by Crippen LogP contribution is 2.45. The molecule has 1 spiro atoms. The number of hydrogen-bond acceptors (Lipinski definition) is 8. The van der Waals surface area contributed by atoms with Crippen LogP contribution in [-0.2, 0) is 4.74 Å². The van der Waals surface area contributed by atoms with E-state index in [0.29, 0.717) is 18.4 Å². The molecule has 0 aliphatic carbocycles. The van der Waals surface area contributed by atoms with Gasteiger partial charge < -0.3 is 28.9 Å². The van der Waals surface area contributed by atoms with Crippen LogP contribution in [-0.4, -0.2) is 90.0 Å². The lowest BCUT2D eigenvalue weighted by Crippen LogP contribution is -2.62. The quantitative estimate of drug-likeness (QED) is 0.362. The molecule has 2 aromatic rings. The summed E-state index contributed by atoms with van der Waals surface area (Å²) in [4.78, 5) is 29.1. The second-order valence-corrected chi connectivity index (χ2v) is 13.3. The Morgan fingerprint density at radius 1 is 1.15 bits per heavy atom. The Kier molecular flexibility index (Phi) is 8.71. The summed E-state index contributed by atoms with van der Waals surface area (Å²) in [5.74, 6) is 1.56. The van der Waals surface area contributed by atoms with Gasteiger partial charge in [0.2, 0.25) is 0 Å². The number of anilines is 1. The van der Waals surface area contributed by atoms with Gasteiger partial charge in [0, 0.05) is 50.1 Å². The van der Waals surface area contributed by atoms with Crippen LogP contribution in [0.25, 0.3) is 17.0 Å². The zero-order valence-electron chi connectivity index (χ0n) is 25.2. The van der Waals surface area contributed by atoms with Crippen LogP contribution in [0, 0.1) is 5.41 Å². The zero-order valence-corrected chi connectivity index (χ0v) is 26.8. The van der Waals surface area contributed by atoms with Gasteiger partial charge in [-0.2, -0.15) is 9.97 Å². The van der Waals surface area contributed by atoms with Crippen LogP contribution in [0.3, 0.4) is 0 Å². The Bertz CT molecular complexity index is 1270. The van der Waals surface area contributed by atoms with Gasteiger partial charge in [-0.05, 0) is 87.5 Å². The molecule has 224 valence electrons. The molecular weight excluding hydrogens is 586 g/mol. The number of aromatic nitrogens is 2. The maximum absolute atomic E-state index is 12.5. The molecule has 1 amide bonds. The van der Waals surface area contributed by atoms with Gasteiger partial charge in [-0.25, -0.2) is 4.79 Å². The molecule has 3 aliphatic heterocycles. The van der Waals surface area contributed by atoms with E-state index in [2.05, 4.69) is 45.3 Å². The Morgan fingerprint density at radius 3 is 2.41 bits per heavy atom. The van der Waals surface area contributed by atoms with Crippen molar-refractivity contribution in [1.82, 2.24) is 19.8 Å². The van der Waals surface area contributed by atoms with E-state index < -0.39 is 5.60 Å². The highest BCUT2D eigenvalue weighted by atomic mass is 79.9. The van der Waals surface area contributed by atoms with E-state index in [4.69, 9.17) is 24.2 Å². The van der Waals surface area contributed by atoms with Crippen molar-refractivity contribution in [2.45, 2.75) is 72.0 Å². The first-order valence-electron chi connectivity index (χ1n) is 15.0. The fourth-order valence-corrected chi connectivity index (χ4v) is 6.71. The molecule has 0 unspecified atom stereocenters. The molecule has 5 rings (SSSR count). The van der Waals surface area contributed by atoms with E-state index in [1.807, 2.05) is 38.7 Å². The van der Waals surface area contributed by atoms with Crippen LogP contribution >= 0.6 is 15.9 Å². The van der Waals surface area contributed by atoms with Gasteiger partial charge in [-0.1, -0.05) is 19.6 Å². The molecule has 0 bridgehead atoms. The summed E-state index contributed by atoms with van der Waals surface area (Å²) in [6.45, 7) is 20.7. The van der Waals surface area contributed by atoms with Crippen molar-refractivity contribution in [1.29, 1.82) is 0 Å². The Labute approximate surface area is 252 Å². The van der Waals surface area contributed by atoms with Gasteiger partial charge in [0.15, 0.2) is 5.75 Å². The van der Waals surface area contributed by atoms with Crippen molar-refractivity contribution in [3.05, 3.63) is 22.7 Å². The predicted molar refractivity (Wildman–Crippen MR) is 166 cm³/mol. The highest BCUT2D eigenvalue weighted by molar-refractivity contribution is 9.10. The molecule has 10 heteroatoms. The zero-order chi connectivity index (χ0) is 29.4. The topological polar surface area (TPSA) is 80.3 Å². The lowest BCUT2D eigenvalue weighted by Gasteiger charge is -2.53. The number of carbonyl (C=O) groups excluding carboxylic acids is 1. The standard InChI is InChI=1S/C31H44BrN5O4/c1-7-21-18-23-25(26(24(21)32)39-9-3)33-28(40-22-10-14-35(8-2)15-11-22)34-27(23)36-16-12-31(13-17-36)19-37(20-31)29(38)41-30(4,5)6/h7,18,22H,1,8-17,19-20H2,2-6H3. The second-order valence-electron chi connectivity index (χ2n) is 12.5. The molecule has 3 saturated heterocycles. The molecule has 4 heterocycles. The monoisotopic (exact) mass is 629 g/mol. The van der Waals surface area contributed by atoms with Gasteiger partial charge >= 0.3 is 12.1 Å². The molecule has 0 radical (unpaired) electrons. The number of ether oxygens (including phenoxy) is 3. The van der Waals surface area contributed by atoms with Crippen LogP contribution in [0.15, 0.2) is 17.1 Å². The van der Waals surface area contributed by atoms with Gasteiger partial charge in [0.1, 0.15) is 23.0 Å². The minimum atomic E-state index is -0.482. The smallest absolute Gasteiger partial charge is 0.410 e.